The number of rotatable bonds is 0. The summed E-state index contributed by atoms with van der Waals surface area (Å²) in [6.45, 7) is 0. The average molecular weight is 112 g/mol. The maximum atomic E-state index is 4.18. The molecule has 6 heavy (non-hydrogen) atoms. The first-order valence-electron chi connectivity index (χ1n) is 2.07. The van der Waals surface area contributed by atoms with Crippen molar-refractivity contribution in [3.63, 3.8) is 0 Å². The monoisotopic (exact) mass is 112 g/mol. The Hall–Kier alpha value is 1.12. The van der Waals surface area contributed by atoms with Gasteiger partial charge in [0.25, 0.3) is 0 Å². The van der Waals surface area contributed by atoms with Gasteiger partial charge in [-0.25, -0.2) is 0 Å². The first-order valence-corrected chi connectivity index (χ1v) is 2.59. The van der Waals surface area contributed by atoms with Gasteiger partial charge in [0.05, 0.1) is 0 Å². The second-order valence-corrected chi connectivity index (χ2v) is 2.32. The van der Waals surface area contributed by atoms with Gasteiger partial charge in [0.1, 0.15) is 0 Å². The van der Waals surface area contributed by atoms with Gasteiger partial charge in [-0.1, -0.05) is 6.42 Å². The molecule has 0 heterocycles. The molecule has 2 heteroatoms. The zero-order valence-corrected chi connectivity index (χ0v) is 6.16. The Morgan fingerprint density at radius 1 is 1.33 bits per heavy atom. The Labute approximate surface area is 60.3 Å². The van der Waals surface area contributed by atoms with Gasteiger partial charge in [-0.2, -0.15) is 12.6 Å². The van der Waals surface area contributed by atoms with Crippen LogP contribution >= 0.6 is 12.6 Å². The van der Waals surface area contributed by atoms with Crippen LogP contribution in [0, 0.1) is 0 Å². The van der Waals surface area contributed by atoms with Gasteiger partial charge < -0.3 is 0 Å². The molecule has 0 unspecified atom stereocenters. The SMILES string of the molecule is SC1CCC1.[Mg]. The normalized spacial score (nSPS) is 21.5. The van der Waals surface area contributed by atoms with Gasteiger partial charge in [-0.3, -0.25) is 0 Å². The Bertz CT molecular complexity index is 34.5. The molecule has 0 atom stereocenters. The molecule has 0 N–H and O–H groups in total. The first-order chi connectivity index (χ1) is 2.39. The summed E-state index contributed by atoms with van der Waals surface area (Å²) in [6, 6.07) is 0. The second kappa shape index (κ2) is 3.16. The standard InChI is InChI=1S/C4H8S.Mg/c5-4-2-1-3-4;/h4-5H,1-3H2;. The van der Waals surface area contributed by atoms with E-state index < -0.39 is 0 Å². The summed E-state index contributed by atoms with van der Waals surface area (Å²) in [4.78, 5) is 0. The molecule has 0 amide bonds. The zero-order chi connectivity index (χ0) is 3.70. The summed E-state index contributed by atoms with van der Waals surface area (Å²) in [5, 5.41) is 0.759. The molecule has 0 bridgehead atoms. The molecule has 0 aromatic heterocycles. The lowest BCUT2D eigenvalue weighted by Gasteiger charge is -2.17. The van der Waals surface area contributed by atoms with Gasteiger partial charge >= 0.3 is 0 Å². The highest BCUT2D eigenvalue weighted by Crippen LogP contribution is 2.22. The maximum absolute atomic E-state index is 4.18. The van der Waals surface area contributed by atoms with E-state index in [4.69, 9.17) is 0 Å². The van der Waals surface area contributed by atoms with E-state index >= 15 is 0 Å². The van der Waals surface area contributed by atoms with Crippen LogP contribution in [0.15, 0.2) is 0 Å². The summed E-state index contributed by atoms with van der Waals surface area (Å²) < 4.78 is 0. The Morgan fingerprint density at radius 3 is 1.67 bits per heavy atom. The van der Waals surface area contributed by atoms with E-state index in [9.17, 15) is 0 Å². The number of hydrogen-bond acceptors (Lipinski definition) is 1. The Morgan fingerprint density at radius 2 is 1.67 bits per heavy atom. The van der Waals surface area contributed by atoms with Crippen LogP contribution in [0.5, 0.6) is 0 Å². The fraction of sp³-hybridized carbons (Fsp3) is 1.00. The van der Waals surface area contributed by atoms with Gasteiger partial charge in [-0.05, 0) is 12.8 Å². The summed E-state index contributed by atoms with van der Waals surface area (Å²) >= 11 is 4.18. The van der Waals surface area contributed by atoms with Gasteiger partial charge in [0, 0.05) is 28.3 Å². The quantitative estimate of drug-likeness (QED) is 0.352. The molecule has 0 aliphatic heterocycles. The van der Waals surface area contributed by atoms with E-state index in [1.807, 2.05) is 0 Å². The van der Waals surface area contributed by atoms with Crippen molar-refractivity contribution in [1.29, 1.82) is 0 Å². The Balaban J connectivity index is 0.000000250. The Kier molecular flexibility index (Phi) is 3.75. The van der Waals surface area contributed by atoms with Crippen LogP contribution in [0.4, 0.5) is 0 Å². The minimum Gasteiger partial charge on any atom is -0.176 e. The number of thiol groups is 1. The topological polar surface area (TPSA) is 0 Å². The molecule has 1 aliphatic rings. The molecule has 0 saturated heterocycles. The van der Waals surface area contributed by atoms with E-state index in [-0.39, 0.29) is 23.1 Å². The van der Waals surface area contributed by atoms with Crippen molar-refractivity contribution in [2.75, 3.05) is 0 Å². The van der Waals surface area contributed by atoms with Crippen LogP contribution in [0.2, 0.25) is 0 Å². The molecule has 0 spiro atoms. The van der Waals surface area contributed by atoms with E-state index in [1.54, 1.807) is 0 Å². The van der Waals surface area contributed by atoms with Crippen molar-refractivity contribution >= 4 is 35.7 Å². The third kappa shape index (κ3) is 1.71. The van der Waals surface area contributed by atoms with Crippen molar-refractivity contribution in [3.05, 3.63) is 0 Å². The molecule has 0 nitrogen and oxygen atoms in total. The predicted octanol–water partition coefficient (Wildman–Crippen LogP) is 1.09. The van der Waals surface area contributed by atoms with Gasteiger partial charge in [0.15, 0.2) is 0 Å². The minimum absolute atomic E-state index is 0. The highest BCUT2D eigenvalue weighted by Gasteiger charge is 2.10. The highest BCUT2D eigenvalue weighted by molar-refractivity contribution is 7.81. The average Bonchev–Trinajstić information content (AvgIpc) is 1.30. The lowest BCUT2D eigenvalue weighted by Crippen LogP contribution is -2.08. The third-order valence-electron chi connectivity index (χ3n) is 1.07. The van der Waals surface area contributed by atoms with E-state index in [0.29, 0.717) is 0 Å². The van der Waals surface area contributed by atoms with E-state index in [2.05, 4.69) is 12.6 Å². The van der Waals surface area contributed by atoms with Crippen LogP contribution in [0.1, 0.15) is 19.3 Å². The third-order valence-corrected chi connectivity index (χ3v) is 1.59. The summed E-state index contributed by atoms with van der Waals surface area (Å²) in [5.41, 5.74) is 0. The molecule has 1 rings (SSSR count). The fourth-order valence-electron chi connectivity index (χ4n) is 0.387. The minimum atomic E-state index is 0. The molecule has 1 saturated carbocycles. The zero-order valence-electron chi connectivity index (χ0n) is 3.85. The van der Waals surface area contributed by atoms with Crippen molar-refractivity contribution in [2.24, 2.45) is 0 Å². The molecule has 32 valence electrons. The first kappa shape index (κ1) is 7.12. The van der Waals surface area contributed by atoms with Gasteiger partial charge in [0.2, 0.25) is 0 Å². The molecular formula is C4H8MgS. The molecule has 2 radical (unpaired) electrons. The predicted molar refractivity (Wildman–Crippen MR) is 32.4 cm³/mol. The van der Waals surface area contributed by atoms with Crippen molar-refractivity contribution in [3.8, 4) is 0 Å². The lowest BCUT2D eigenvalue weighted by molar-refractivity contribution is 0.525. The van der Waals surface area contributed by atoms with Crippen LogP contribution < -0.4 is 0 Å². The molecule has 0 aromatic carbocycles. The molecule has 0 aromatic rings. The molecule has 1 aliphatic carbocycles. The summed E-state index contributed by atoms with van der Waals surface area (Å²) in [6.07, 6.45) is 4.11. The van der Waals surface area contributed by atoms with Gasteiger partial charge in [-0.15, -0.1) is 0 Å². The molecule has 1 fully saturated rings. The lowest BCUT2D eigenvalue weighted by atomic mass is 10.0. The van der Waals surface area contributed by atoms with Crippen LogP contribution in [-0.4, -0.2) is 28.3 Å². The maximum Gasteiger partial charge on any atom is 0.00168 e. The number of hydrogen-bond donors (Lipinski definition) is 1. The largest absolute Gasteiger partial charge is 0.176 e. The van der Waals surface area contributed by atoms with Crippen molar-refractivity contribution < 1.29 is 0 Å². The second-order valence-electron chi connectivity index (χ2n) is 1.58. The van der Waals surface area contributed by atoms with Crippen LogP contribution in [-0.2, 0) is 0 Å². The smallest absolute Gasteiger partial charge is 0.00168 e. The van der Waals surface area contributed by atoms with Crippen molar-refractivity contribution in [1.82, 2.24) is 0 Å². The summed E-state index contributed by atoms with van der Waals surface area (Å²) in [5.74, 6) is 0. The molecular weight excluding hydrogens is 104 g/mol. The highest BCUT2D eigenvalue weighted by atomic mass is 32.1. The van der Waals surface area contributed by atoms with Crippen LogP contribution in [0.25, 0.3) is 0 Å². The van der Waals surface area contributed by atoms with E-state index in [0.717, 1.165) is 5.25 Å². The fourth-order valence-corrected chi connectivity index (χ4v) is 0.752. The van der Waals surface area contributed by atoms with Crippen molar-refractivity contribution in [2.45, 2.75) is 24.5 Å². The van der Waals surface area contributed by atoms with Crippen LogP contribution in [0.3, 0.4) is 0 Å². The van der Waals surface area contributed by atoms with E-state index in [1.165, 1.54) is 19.3 Å². The summed E-state index contributed by atoms with van der Waals surface area (Å²) in [7, 11) is 0.